The molecule has 0 unspecified atom stereocenters. The number of aliphatic hydroxyl groups is 1. The van der Waals surface area contributed by atoms with Crippen LogP contribution in [0.25, 0.3) is 11.0 Å². The van der Waals surface area contributed by atoms with E-state index < -0.39 is 23.4 Å². The van der Waals surface area contributed by atoms with Gasteiger partial charge in [0.2, 0.25) is 5.95 Å². The Balaban J connectivity index is 1.46. The van der Waals surface area contributed by atoms with Crippen molar-refractivity contribution in [2.75, 3.05) is 29.9 Å². The average Bonchev–Trinajstić information content (AvgIpc) is 3.48. The van der Waals surface area contributed by atoms with Gasteiger partial charge in [0.05, 0.1) is 35.5 Å². The largest absolute Gasteiger partial charge is 0.390 e. The maximum Gasteiger partial charge on any atom is 0.329 e. The van der Waals surface area contributed by atoms with Gasteiger partial charge in [-0.05, 0) is 51.3 Å². The van der Waals surface area contributed by atoms with Crippen molar-refractivity contribution in [3.05, 3.63) is 39.9 Å². The summed E-state index contributed by atoms with van der Waals surface area (Å²) in [6.45, 7) is 8.28. The molecule has 0 saturated carbocycles. The molecule has 2 aliphatic heterocycles. The Labute approximate surface area is 237 Å². The predicted molar refractivity (Wildman–Crippen MR) is 152 cm³/mol. The van der Waals surface area contributed by atoms with Crippen molar-refractivity contribution in [2.45, 2.75) is 77.7 Å². The summed E-state index contributed by atoms with van der Waals surface area (Å²) in [4.78, 5) is 24.1. The summed E-state index contributed by atoms with van der Waals surface area (Å²) in [5.41, 5.74) is 1.05. The lowest BCUT2D eigenvalue weighted by molar-refractivity contribution is -0.105. The molecule has 0 aliphatic carbocycles. The zero-order valence-electron chi connectivity index (χ0n) is 23.3. The van der Waals surface area contributed by atoms with Crippen molar-refractivity contribution in [3.8, 4) is 0 Å². The van der Waals surface area contributed by atoms with Crippen molar-refractivity contribution < 1.29 is 18.6 Å². The van der Waals surface area contributed by atoms with E-state index in [1.165, 1.54) is 20.0 Å². The van der Waals surface area contributed by atoms with Crippen LogP contribution in [0.4, 0.5) is 26.2 Å². The number of aryl methyl sites for hydroxylation is 1. The second-order valence-electron chi connectivity index (χ2n) is 11.8. The smallest absolute Gasteiger partial charge is 0.329 e. The predicted octanol–water partition coefficient (Wildman–Crippen LogP) is 5.06. The highest BCUT2D eigenvalue weighted by Crippen LogP contribution is 2.39. The molecule has 1 aromatic carbocycles. The molecule has 4 heterocycles. The number of hydrogen-bond donors (Lipinski definition) is 2. The molecule has 218 valence electrons. The first-order chi connectivity index (χ1) is 18.8. The van der Waals surface area contributed by atoms with Crippen LogP contribution < -0.4 is 15.9 Å². The van der Waals surface area contributed by atoms with Crippen LogP contribution in [0.2, 0.25) is 5.02 Å². The second kappa shape index (κ2) is 10.9. The lowest BCUT2D eigenvalue weighted by Crippen LogP contribution is -2.52. The Kier molecular flexibility index (Phi) is 7.84. The van der Waals surface area contributed by atoms with Crippen LogP contribution >= 0.6 is 11.6 Å². The van der Waals surface area contributed by atoms with Gasteiger partial charge in [-0.25, -0.2) is 18.6 Å². The molecule has 2 saturated heterocycles. The Bertz CT molecular complexity index is 1420. The maximum atomic E-state index is 14.4. The maximum absolute atomic E-state index is 14.4. The van der Waals surface area contributed by atoms with Crippen molar-refractivity contribution in [1.82, 2.24) is 19.1 Å². The summed E-state index contributed by atoms with van der Waals surface area (Å²) in [6.07, 6.45) is 3.73. The minimum atomic E-state index is -2.75. The summed E-state index contributed by atoms with van der Waals surface area (Å²) in [6, 6.07) is 5.58. The number of ether oxygens (including phenoxy) is 1. The van der Waals surface area contributed by atoms with Crippen molar-refractivity contribution >= 4 is 40.1 Å². The van der Waals surface area contributed by atoms with Crippen molar-refractivity contribution in [2.24, 2.45) is 11.8 Å². The number of fused-ring (bicyclic) bond motifs is 1. The minimum absolute atomic E-state index is 0.0118. The number of benzene rings is 1. The molecule has 0 bridgehead atoms. The van der Waals surface area contributed by atoms with Gasteiger partial charge >= 0.3 is 5.69 Å². The van der Waals surface area contributed by atoms with E-state index in [4.69, 9.17) is 16.3 Å². The third kappa shape index (κ3) is 5.82. The molecular weight excluding hydrogens is 542 g/mol. The standard InChI is InChI=1S/C28H37ClF2N6O3/c1-17-14-35(15-18(2)28(17,30)31)25-32-13-21(29)24(34-25)33-19-7-8-22-23(12-19)36(10-9-27(3,4)39)26(38)37(22)16-20-6-5-11-40-20/h7-8,12-13,17-18,20,39H,5-6,9-11,14-16H2,1-4H3,(H,32,33,34)/t17-,18+,20-/m1/s1. The van der Waals surface area contributed by atoms with Gasteiger partial charge in [0.15, 0.2) is 5.82 Å². The van der Waals surface area contributed by atoms with Gasteiger partial charge in [0.25, 0.3) is 5.92 Å². The zero-order chi connectivity index (χ0) is 28.8. The number of hydrogen-bond acceptors (Lipinski definition) is 7. The number of imidazole rings is 1. The van der Waals surface area contributed by atoms with E-state index in [9.17, 15) is 18.7 Å². The minimum Gasteiger partial charge on any atom is -0.390 e. The Morgan fingerprint density at radius 2 is 1.93 bits per heavy atom. The number of aromatic nitrogens is 4. The average molecular weight is 579 g/mol. The molecule has 12 heteroatoms. The summed E-state index contributed by atoms with van der Waals surface area (Å²) in [5, 5.41) is 13.8. The first-order valence-electron chi connectivity index (χ1n) is 13.8. The van der Waals surface area contributed by atoms with Gasteiger partial charge in [-0.3, -0.25) is 9.13 Å². The van der Waals surface area contributed by atoms with E-state index in [-0.39, 0.29) is 29.9 Å². The molecule has 40 heavy (non-hydrogen) atoms. The first-order valence-corrected chi connectivity index (χ1v) is 14.2. The quantitative estimate of drug-likeness (QED) is 0.386. The Hall–Kier alpha value is -2.76. The summed E-state index contributed by atoms with van der Waals surface area (Å²) < 4.78 is 38.0. The van der Waals surface area contributed by atoms with Gasteiger partial charge in [-0.1, -0.05) is 25.4 Å². The highest BCUT2D eigenvalue weighted by Gasteiger charge is 2.47. The highest BCUT2D eigenvalue weighted by atomic mass is 35.5. The van der Waals surface area contributed by atoms with Crippen LogP contribution in [0, 0.1) is 11.8 Å². The van der Waals surface area contributed by atoms with E-state index >= 15 is 0 Å². The molecule has 2 N–H and O–H groups in total. The summed E-state index contributed by atoms with van der Waals surface area (Å²) in [5.74, 6) is -3.76. The van der Waals surface area contributed by atoms with Gasteiger partial charge in [0, 0.05) is 43.8 Å². The highest BCUT2D eigenvalue weighted by molar-refractivity contribution is 6.32. The third-order valence-corrected chi connectivity index (χ3v) is 8.23. The molecule has 3 atom stereocenters. The van der Waals surface area contributed by atoms with E-state index in [0.29, 0.717) is 49.1 Å². The van der Waals surface area contributed by atoms with Crippen LogP contribution in [-0.4, -0.2) is 61.5 Å². The molecule has 0 amide bonds. The van der Waals surface area contributed by atoms with E-state index in [1.807, 2.05) is 18.2 Å². The van der Waals surface area contributed by atoms with Crippen LogP contribution in [0.15, 0.2) is 29.2 Å². The molecule has 0 spiro atoms. The lowest BCUT2D eigenvalue weighted by Gasteiger charge is -2.41. The van der Waals surface area contributed by atoms with Crippen molar-refractivity contribution in [3.63, 3.8) is 0 Å². The van der Waals surface area contributed by atoms with Crippen LogP contribution in [0.3, 0.4) is 0 Å². The van der Waals surface area contributed by atoms with Gasteiger partial charge in [0.1, 0.15) is 5.02 Å². The number of rotatable bonds is 8. The normalized spacial score (nSPS) is 23.2. The fraction of sp³-hybridized carbons (Fsp3) is 0.607. The Morgan fingerprint density at radius 1 is 1.20 bits per heavy atom. The number of nitrogens with one attached hydrogen (secondary N) is 1. The first kappa shape index (κ1) is 28.8. The third-order valence-electron chi connectivity index (χ3n) is 7.96. The molecule has 0 radical (unpaired) electrons. The molecule has 9 nitrogen and oxygen atoms in total. The molecule has 2 aromatic heterocycles. The van der Waals surface area contributed by atoms with Crippen LogP contribution in [0.5, 0.6) is 0 Å². The zero-order valence-corrected chi connectivity index (χ0v) is 24.1. The van der Waals surface area contributed by atoms with E-state index in [1.54, 1.807) is 27.9 Å². The topological polar surface area (TPSA) is 97.4 Å². The van der Waals surface area contributed by atoms with Crippen LogP contribution in [0.1, 0.15) is 47.0 Å². The Morgan fingerprint density at radius 3 is 2.58 bits per heavy atom. The molecule has 3 aromatic rings. The summed E-state index contributed by atoms with van der Waals surface area (Å²) >= 11 is 6.43. The van der Waals surface area contributed by atoms with Gasteiger partial charge in [-0.2, -0.15) is 4.98 Å². The summed E-state index contributed by atoms with van der Waals surface area (Å²) in [7, 11) is 0. The molecule has 2 fully saturated rings. The number of nitrogens with zero attached hydrogens (tertiary/aromatic N) is 5. The fourth-order valence-corrected chi connectivity index (χ4v) is 5.67. The number of piperidine rings is 1. The van der Waals surface area contributed by atoms with Gasteiger partial charge in [-0.15, -0.1) is 0 Å². The molecule has 5 rings (SSSR count). The lowest BCUT2D eigenvalue weighted by atomic mass is 9.87. The SMILES string of the molecule is C[C@@H]1CN(c2ncc(Cl)c(Nc3ccc4c(c3)n(CCC(C)(C)O)c(=O)n4C[C@H]3CCCO3)n2)C[C@H](C)C1(F)F. The van der Waals surface area contributed by atoms with Crippen LogP contribution in [-0.2, 0) is 17.8 Å². The van der Waals surface area contributed by atoms with Gasteiger partial charge < -0.3 is 20.1 Å². The fourth-order valence-electron chi connectivity index (χ4n) is 5.53. The van der Waals surface area contributed by atoms with Crippen molar-refractivity contribution in [1.29, 1.82) is 0 Å². The van der Waals surface area contributed by atoms with E-state index in [0.717, 1.165) is 18.4 Å². The molecular formula is C28H37ClF2N6O3. The molecule has 2 aliphatic rings. The number of halogens is 3. The number of anilines is 3. The number of alkyl halides is 2. The second-order valence-corrected chi connectivity index (χ2v) is 12.2. The monoisotopic (exact) mass is 578 g/mol. The van der Waals surface area contributed by atoms with E-state index in [2.05, 4.69) is 15.3 Å².